The second kappa shape index (κ2) is 17.7. The van der Waals surface area contributed by atoms with E-state index in [0.717, 1.165) is 0 Å². The fourth-order valence-electron chi connectivity index (χ4n) is 0. The molecular formula is H2Cl2F6P2Pd+2. The molecule has 0 rings (SSSR count). The molecule has 0 nitrogen and oxygen atoms in total. The average molecular weight is 355 g/mol. The zero-order valence-corrected chi connectivity index (χ0v) is 9.41. The van der Waals surface area contributed by atoms with Crippen LogP contribution in [0.4, 0.5) is 25.2 Å². The fraction of sp³-hybridized carbons (Fsp3) is 0. The third-order valence-electron chi connectivity index (χ3n) is 0. The van der Waals surface area contributed by atoms with Crippen LogP contribution in [-0.2, 0) is 15.9 Å². The van der Waals surface area contributed by atoms with E-state index >= 15 is 0 Å². The molecule has 0 saturated heterocycles. The molecule has 0 aromatic carbocycles. The molecule has 0 aromatic rings. The normalized spacial score (nSPS) is 8.55. The summed E-state index contributed by atoms with van der Waals surface area (Å²) in [6.45, 7) is 0. The van der Waals surface area contributed by atoms with Gasteiger partial charge in [0.05, 0.1) is 0 Å². The van der Waals surface area contributed by atoms with Gasteiger partial charge < -0.3 is 0 Å². The van der Waals surface area contributed by atoms with E-state index in [9.17, 15) is 25.2 Å². The van der Waals surface area contributed by atoms with Crippen molar-refractivity contribution in [3.05, 3.63) is 0 Å². The van der Waals surface area contributed by atoms with Gasteiger partial charge >= 0.3 is 52.7 Å². The number of halogens is 8. The fourth-order valence-corrected chi connectivity index (χ4v) is 0. The Bertz CT molecular complexity index is 42.3. The van der Waals surface area contributed by atoms with Gasteiger partial charge in [0, 0.05) is 25.2 Å². The summed E-state index contributed by atoms with van der Waals surface area (Å²) in [5.41, 5.74) is 0. The van der Waals surface area contributed by atoms with Gasteiger partial charge in [-0.05, 0) is 0 Å². The second-order valence-corrected chi connectivity index (χ2v) is 3.69. The minimum atomic E-state index is -4.38. The van der Waals surface area contributed by atoms with Crippen LogP contribution in [0.1, 0.15) is 0 Å². The topological polar surface area (TPSA) is 0 Å². The van der Waals surface area contributed by atoms with Crippen molar-refractivity contribution in [3.8, 4) is 0 Å². The van der Waals surface area contributed by atoms with Crippen LogP contribution in [0, 0.1) is 0 Å². The monoisotopic (exact) mass is 354 g/mol. The molecule has 0 bridgehead atoms. The molecule has 76 valence electrons. The maximum atomic E-state index is 9.77. The molecule has 0 spiro atoms. The molecule has 11 heteroatoms. The Balaban J connectivity index is -0.0000000886. The van der Waals surface area contributed by atoms with Gasteiger partial charge in [-0.2, -0.15) is 0 Å². The molecule has 0 aliphatic rings. The van der Waals surface area contributed by atoms with Crippen molar-refractivity contribution >= 4 is 36.8 Å². The Morgan fingerprint density at radius 3 is 0.727 bits per heavy atom. The van der Waals surface area contributed by atoms with Gasteiger partial charge in [0.1, 0.15) is 0 Å². The molecule has 0 aromatic heterocycles. The molecule has 0 atom stereocenters. The average Bonchev–Trinajstić information content (AvgIpc) is 1.60. The van der Waals surface area contributed by atoms with E-state index in [2.05, 4.69) is 0 Å². The third kappa shape index (κ3) is 387. The molecule has 0 unspecified atom stereocenters. The summed E-state index contributed by atoms with van der Waals surface area (Å²) < 4.78 is 58.6. The van der Waals surface area contributed by atoms with Crippen molar-refractivity contribution in [1.82, 2.24) is 0 Å². The molecule has 0 radical (unpaired) electrons. The van der Waals surface area contributed by atoms with E-state index in [1.165, 1.54) is 0 Å². The Labute approximate surface area is 78.0 Å². The second-order valence-electron chi connectivity index (χ2n) is 0.474. The van der Waals surface area contributed by atoms with Crippen molar-refractivity contribution in [2.75, 3.05) is 0 Å². The molecule has 0 aliphatic carbocycles. The number of rotatable bonds is 0. The van der Waals surface area contributed by atoms with E-state index in [4.69, 9.17) is 19.1 Å². The SMILES string of the molecule is F[PH+](F)F.F[PH+](F)F.[Cl][Pd][Cl]. The summed E-state index contributed by atoms with van der Waals surface area (Å²) >= 11 is -0.106. The van der Waals surface area contributed by atoms with Crippen LogP contribution in [0.15, 0.2) is 0 Å². The van der Waals surface area contributed by atoms with E-state index in [0.29, 0.717) is 0 Å². The van der Waals surface area contributed by atoms with Crippen molar-refractivity contribution < 1.29 is 41.1 Å². The molecule has 11 heavy (non-hydrogen) atoms. The van der Waals surface area contributed by atoms with E-state index in [-0.39, 0.29) is 15.9 Å². The predicted octanol–water partition coefficient (Wildman–Crippen LogP) is 5.08. The van der Waals surface area contributed by atoms with Crippen LogP contribution in [-0.4, -0.2) is 0 Å². The van der Waals surface area contributed by atoms with Crippen LogP contribution >= 0.6 is 36.8 Å². The summed E-state index contributed by atoms with van der Waals surface area (Å²) in [7, 11) is 0.869. The van der Waals surface area contributed by atoms with Crippen molar-refractivity contribution in [2.24, 2.45) is 0 Å². The standard InChI is InChI=1S/2ClH.2F3HP.Pd/c;;2*1-4(2)3;/h2*1H;2*4H;/q;;2*+1;+2/p-2. The van der Waals surface area contributed by atoms with Crippen molar-refractivity contribution in [3.63, 3.8) is 0 Å². The number of hydrogen-bond acceptors (Lipinski definition) is 0. The first kappa shape index (κ1) is 18.5. The number of hydrogen-bond donors (Lipinski definition) is 0. The van der Waals surface area contributed by atoms with Crippen LogP contribution in [0.25, 0.3) is 0 Å². The van der Waals surface area contributed by atoms with E-state index in [1.54, 1.807) is 0 Å². The zero-order valence-electron chi connectivity index (χ0n) is 4.34. The van der Waals surface area contributed by atoms with Crippen LogP contribution in [0.2, 0.25) is 0 Å². The van der Waals surface area contributed by atoms with Crippen LogP contribution < -0.4 is 0 Å². The first-order chi connectivity index (χ1) is 4.88. The molecule has 0 fully saturated rings. The zero-order chi connectivity index (χ0) is 9.86. The molecule has 0 N–H and O–H groups in total. The molecule has 0 heterocycles. The van der Waals surface area contributed by atoms with E-state index < -0.39 is 17.7 Å². The van der Waals surface area contributed by atoms with Gasteiger partial charge in [-0.15, -0.1) is 0 Å². The summed E-state index contributed by atoms with van der Waals surface area (Å²) in [6, 6.07) is 0. The van der Waals surface area contributed by atoms with Crippen molar-refractivity contribution in [2.45, 2.75) is 0 Å². The van der Waals surface area contributed by atoms with Gasteiger partial charge in [0.2, 0.25) is 0 Å². The third-order valence-corrected chi connectivity index (χ3v) is 0. The molecule has 0 amide bonds. The van der Waals surface area contributed by atoms with E-state index in [1.807, 2.05) is 0 Å². The summed E-state index contributed by atoms with van der Waals surface area (Å²) in [6.07, 6.45) is 0. The summed E-state index contributed by atoms with van der Waals surface area (Å²) in [5, 5.41) is 0. The first-order valence-electron chi connectivity index (χ1n) is 1.37. The first-order valence-corrected chi connectivity index (χ1v) is 7.64. The Morgan fingerprint density at radius 1 is 0.727 bits per heavy atom. The minimum absolute atomic E-state index is 0.106. The summed E-state index contributed by atoms with van der Waals surface area (Å²) in [5.74, 6) is 0. The Hall–Kier alpha value is 1.68. The molecule has 0 aliphatic heterocycles. The maximum absolute atomic E-state index is 9.77. The molecular weight excluding hydrogens is 353 g/mol. The van der Waals surface area contributed by atoms with Crippen LogP contribution in [0.5, 0.6) is 0 Å². The quantitative estimate of drug-likeness (QED) is 0.323. The van der Waals surface area contributed by atoms with Crippen LogP contribution in [0.3, 0.4) is 0 Å². The van der Waals surface area contributed by atoms with Gasteiger partial charge in [-0.1, -0.05) is 0 Å². The Kier molecular flexibility index (Phi) is 29.7. The van der Waals surface area contributed by atoms with Gasteiger partial charge in [0.15, 0.2) is 0 Å². The van der Waals surface area contributed by atoms with Gasteiger partial charge in [-0.25, -0.2) is 0 Å². The molecule has 0 saturated carbocycles. The Morgan fingerprint density at radius 2 is 0.727 bits per heavy atom. The van der Waals surface area contributed by atoms with Gasteiger partial charge in [0.25, 0.3) is 0 Å². The summed E-state index contributed by atoms with van der Waals surface area (Å²) in [4.78, 5) is 0. The predicted molar refractivity (Wildman–Crippen MR) is 35.0 cm³/mol. The van der Waals surface area contributed by atoms with Gasteiger partial charge in [-0.3, -0.25) is 0 Å². The van der Waals surface area contributed by atoms with Crippen molar-refractivity contribution in [1.29, 1.82) is 0 Å².